The lowest BCUT2D eigenvalue weighted by atomic mass is 9.92. The van der Waals surface area contributed by atoms with Crippen molar-refractivity contribution in [3.63, 3.8) is 0 Å². The van der Waals surface area contributed by atoms with Gasteiger partial charge in [-0.15, -0.1) is 0 Å². The number of hydrogen-bond acceptors (Lipinski definition) is 1. The zero-order valence-corrected chi connectivity index (χ0v) is 15.4. The minimum absolute atomic E-state index is 0.157. The molecule has 1 aliphatic rings. The minimum atomic E-state index is 0.157. The lowest BCUT2D eigenvalue weighted by Crippen LogP contribution is -3.14. The Balaban J connectivity index is 2.13. The molecule has 1 unspecified atom stereocenters. The summed E-state index contributed by atoms with van der Waals surface area (Å²) in [5, 5.41) is 3.24. The van der Waals surface area contributed by atoms with Gasteiger partial charge in [0, 0.05) is 11.6 Å². The van der Waals surface area contributed by atoms with Crippen LogP contribution >= 0.6 is 0 Å². The molecule has 0 spiro atoms. The fraction of sp³-hybridized carbons (Fsp3) is 0.650. The Kier molecular flexibility index (Phi) is 6.23. The van der Waals surface area contributed by atoms with Crippen molar-refractivity contribution in [2.45, 2.75) is 59.3 Å². The van der Waals surface area contributed by atoms with Crippen LogP contribution in [0.1, 0.15) is 70.4 Å². The van der Waals surface area contributed by atoms with Gasteiger partial charge in [-0.25, -0.2) is 0 Å². The van der Waals surface area contributed by atoms with Gasteiger partial charge >= 0.3 is 0 Å². The van der Waals surface area contributed by atoms with E-state index in [0.29, 0.717) is 18.4 Å². The summed E-state index contributed by atoms with van der Waals surface area (Å²) in [6.07, 6.45) is 2.54. The molecule has 128 valence electrons. The number of amides is 1. The van der Waals surface area contributed by atoms with Gasteiger partial charge in [-0.2, -0.15) is 0 Å². The zero-order chi connectivity index (χ0) is 17.0. The maximum atomic E-state index is 12.6. The van der Waals surface area contributed by atoms with E-state index >= 15 is 0 Å². The first-order valence-electron chi connectivity index (χ1n) is 9.14. The van der Waals surface area contributed by atoms with Crippen molar-refractivity contribution in [2.24, 2.45) is 5.92 Å². The molecule has 0 aliphatic carbocycles. The van der Waals surface area contributed by atoms with Crippen molar-refractivity contribution < 1.29 is 9.69 Å². The largest absolute Gasteiger partial charge is 0.327 e. The quantitative estimate of drug-likeness (QED) is 0.859. The summed E-state index contributed by atoms with van der Waals surface area (Å²) in [5.74, 6) is 1.71. The maximum Gasteiger partial charge on any atom is 0.279 e. The molecule has 2 N–H and O–H groups in total. The van der Waals surface area contributed by atoms with Crippen LogP contribution in [0.5, 0.6) is 0 Å². The summed E-state index contributed by atoms with van der Waals surface area (Å²) in [6, 6.07) is 6.39. The Hall–Kier alpha value is -1.35. The third kappa shape index (κ3) is 4.81. The van der Waals surface area contributed by atoms with Crippen LogP contribution in [0.2, 0.25) is 0 Å². The lowest BCUT2D eigenvalue weighted by molar-refractivity contribution is -0.900. The van der Waals surface area contributed by atoms with Crippen molar-refractivity contribution in [3.05, 3.63) is 29.3 Å². The average Bonchev–Trinajstić information content (AvgIpc) is 2.46. The number of nitrogens with one attached hydrogen (secondary N) is 2. The fourth-order valence-corrected chi connectivity index (χ4v) is 3.66. The molecule has 1 amide bonds. The van der Waals surface area contributed by atoms with Gasteiger partial charge in [0.15, 0.2) is 6.54 Å². The number of benzene rings is 1. The molecule has 1 saturated heterocycles. The molecular weight excluding hydrogens is 284 g/mol. The van der Waals surface area contributed by atoms with E-state index in [4.69, 9.17) is 0 Å². The molecule has 0 aromatic heterocycles. The molecule has 23 heavy (non-hydrogen) atoms. The van der Waals surface area contributed by atoms with Gasteiger partial charge in [0.25, 0.3) is 5.91 Å². The van der Waals surface area contributed by atoms with Gasteiger partial charge in [0.1, 0.15) is 0 Å². The topological polar surface area (TPSA) is 33.5 Å². The molecule has 0 saturated carbocycles. The molecular formula is C20H33N2O+. The van der Waals surface area contributed by atoms with Crippen molar-refractivity contribution >= 4 is 11.6 Å². The molecule has 1 aromatic carbocycles. The summed E-state index contributed by atoms with van der Waals surface area (Å²) in [7, 11) is 0. The van der Waals surface area contributed by atoms with Crippen LogP contribution in [0.4, 0.5) is 5.69 Å². The molecule has 1 aromatic rings. The van der Waals surface area contributed by atoms with E-state index in [1.54, 1.807) is 0 Å². The predicted octanol–water partition coefficient (Wildman–Crippen LogP) is 3.19. The molecule has 1 aliphatic heterocycles. The highest BCUT2D eigenvalue weighted by Crippen LogP contribution is 2.32. The first-order chi connectivity index (χ1) is 10.9. The number of hydrogen-bond donors (Lipinski definition) is 2. The Morgan fingerprint density at radius 2 is 1.83 bits per heavy atom. The fourth-order valence-electron chi connectivity index (χ4n) is 3.66. The summed E-state index contributed by atoms with van der Waals surface area (Å²) in [5.41, 5.74) is 3.53. The van der Waals surface area contributed by atoms with Crippen molar-refractivity contribution in [1.29, 1.82) is 0 Å². The molecule has 1 fully saturated rings. The highest BCUT2D eigenvalue weighted by Gasteiger charge is 2.23. The van der Waals surface area contributed by atoms with Gasteiger partial charge < -0.3 is 10.2 Å². The van der Waals surface area contributed by atoms with E-state index in [1.165, 1.54) is 28.9 Å². The second-order valence-corrected chi connectivity index (χ2v) is 7.80. The lowest BCUT2D eigenvalue weighted by Gasteiger charge is -2.28. The highest BCUT2D eigenvalue weighted by molar-refractivity contribution is 5.93. The van der Waals surface area contributed by atoms with Crippen LogP contribution in [0.25, 0.3) is 0 Å². The third-order valence-electron chi connectivity index (χ3n) is 4.91. The monoisotopic (exact) mass is 317 g/mol. The smallest absolute Gasteiger partial charge is 0.279 e. The number of carbonyl (C=O) groups excluding carboxylic acids is 1. The third-order valence-corrected chi connectivity index (χ3v) is 4.91. The number of anilines is 1. The van der Waals surface area contributed by atoms with E-state index in [-0.39, 0.29) is 5.91 Å². The van der Waals surface area contributed by atoms with Crippen LogP contribution in [0.3, 0.4) is 0 Å². The summed E-state index contributed by atoms with van der Waals surface area (Å²) in [6.45, 7) is 13.9. The SMILES string of the molecule is CC(C)c1cccc(C(C)C)c1NC(=O)C[NH+]1CCC[C@@H](C)C1. The van der Waals surface area contributed by atoms with Gasteiger partial charge in [-0.05, 0) is 35.8 Å². The van der Waals surface area contributed by atoms with E-state index in [9.17, 15) is 4.79 Å². The van der Waals surface area contributed by atoms with Gasteiger partial charge in [0.05, 0.1) is 13.1 Å². The Bertz CT molecular complexity index is 510. The van der Waals surface area contributed by atoms with Gasteiger partial charge in [-0.3, -0.25) is 4.79 Å². The van der Waals surface area contributed by atoms with Crippen molar-refractivity contribution in [3.8, 4) is 0 Å². The maximum absolute atomic E-state index is 12.6. The molecule has 3 heteroatoms. The Morgan fingerprint density at radius 3 is 2.35 bits per heavy atom. The number of carbonyl (C=O) groups is 1. The number of quaternary nitrogens is 1. The summed E-state index contributed by atoms with van der Waals surface area (Å²) < 4.78 is 0. The van der Waals surface area contributed by atoms with E-state index < -0.39 is 0 Å². The van der Waals surface area contributed by atoms with Crippen LogP contribution in [0.15, 0.2) is 18.2 Å². The molecule has 2 atom stereocenters. The molecule has 3 nitrogen and oxygen atoms in total. The van der Waals surface area contributed by atoms with E-state index in [1.807, 2.05) is 0 Å². The minimum Gasteiger partial charge on any atom is -0.327 e. The van der Waals surface area contributed by atoms with Gasteiger partial charge in [0.2, 0.25) is 0 Å². The first-order valence-corrected chi connectivity index (χ1v) is 9.14. The summed E-state index contributed by atoms with van der Waals surface area (Å²) >= 11 is 0. The number of likely N-dealkylation sites (tertiary alicyclic amines) is 1. The molecule has 0 bridgehead atoms. The van der Waals surface area contributed by atoms with Crippen molar-refractivity contribution in [2.75, 3.05) is 25.0 Å². The second kappa shape index (κ2) is 7.96. The highest BCUT2D eigenvalue weighted by atomic mass is 16.2. The number of rotatable bonds is 5. The molecule has 1 heterocycles. The van der Waals surface area contributed by atoms with Crippen LogP contribution in [0, 0.1) is 5.92 Å². The van der Waals surface area contributed by atoms with Crippen LogP contribution in [-0.4, -0.2) is 25.5 Å². The zero-order valence-electron chi connectivity index (χ0n) is 15.4. The second-order valence-electron chi connectivity index (χ2n) is 7.80. The normalized spacial score (nSPS) is 21.7. The van der Waals surface area contributed by atoms with Crippen LogP contribution in [-0.2, 0) is 4.79 Å². The average molecular weight is 317 g/mol. The molecule has 2 rings (SSSR count). The summed E-state index contributed by atoms with van der Waals surface area (Å²) in [4.78, 5) is 14.0. The van der Waals surface area contributed by atoms with Crippen molar-refractivity contribution in [1.82, 2.24) is 0 Å². The predicted molar refractivity (Wildman–Crippen MR) is 97.2 cm³/mol. The standard InChI is InChI=1S/C20H32N2O/c1-14(2)17-9-6-10-18(15(3)4)20(17)21-19(23)13-22-11-7-8-16(5)12-22/h6,9-10,14-16H,7-8,11-13H2,1-5H3,(H,21,23)/p+1/t16-/m1/s1. The molecule has 0 radical (unpaired) electrons. The van der Waals surface area contributed by atoms with E-state index in [2.05, 4.69) is 58.1 Å². The number of para-hydroxylation sites is 1. The van der Waals surface area contributed by atoms with Crippen LogP contribution < -0.4 is 10.2 Å². The van der Waals surface area contributed by atoms with Gasteiger partial charge in [-0.1, -0.05) is 52.8 Å². The Labute approximate surface area is 141 Å². The van der Waals surface area contributed by atoms with E-state index in [0.717, 1.165) is 24.7 Å². The Morgan fingerprint density at radius 1 is 1.22 bits per heavy atom. The number of piperidine rings is 1. The first kappa shape index (κ1) is 18.0.